The number of ether oxygens (including phenoxy) is 2. The van der Waals surface area contributed by atoms with E-state index in [0.717, 1.165) is 13.2 Å². The summed E-state index contributed by atoms with van der Waals surface area (Å²) >= 11 is 0. The van der Waals surface area contributed by atoms with Crippen LogP contribution in [0.5, 0.6) is 11.5 Å². The number of methoxy groups -OCH3 is 1. The predicted octanol–water partition coefficient (Wildman–Crippen LogP) is 2.01. The molecule has 0 bridgehead atoms. The molecule has 17 heavy (non-hydrogen) atoms. The lowest BCUT2D eigenvalue weighted by molar-refractivity contribution is -0.275. The van der Waals surface area contributed by atoms with Crippen molar-refractivity contribution in [2.24, 2.45) is 0 Å². The van der Waals surface area contributed by atoms with Crippen molar-refractivity contribution in [2.75, 3.05) is 7.11 Å². The first kappa shape index (κ1) is 13.1. The first-order valence-electron chi connectivity index (χ1n) is 4.47. The number of benzene rings is 1. The van der Waals surface area contributed by atoms with E-state index in [1.54, 1.807) is 0 Å². The van der Waals surface area contributed by atoms with Crippen LogP contribution in [0.4, 0.5) is 13.2 Å². The summed E-state index contributed by atoms with van der Waals surface area (Å²) in [6, 6.07) is 3.57. The van der Waals surface area contributed by atoms with Crippen LogP contribution in [0, 0.1) is 0 Å². The molecule has 4 nitrogen and oxygen atoms in total. The molecule has 0 aliphatic carbocycles. The zero-order valence-corrected chi connectivity index (χ0v) is 8.75. The number of phenolic OH excluding ortho intramolecular Hbond substituents is 1. The van der Waals surface area contributed by atoms with Gasteiger partial charge in [0.15, 0.2) is 11.5 Å². The Morgan fingerprint density at radius 3 is 2.59 bits per heavy atom. The van der Waals surface area contributed by atoms with Gasteiger partial charge in [-0.05, 0) is 6.07 Å². The normalized spacial score (nSPS) is 11.1. The van der Waals surface area contributed by atoms with Crippen molar-refractivity contribution in [3.8, 4) is 11.5 Å². The van der Waals surface area contributed by atoms with E-state index in [1.165, 1.54) is 12.1 Å². The molecule has 0 aliphatic rings. The van der Waals surface area contributed by atoms with Crippen molar-refractivity contribution >= 4 is 5.97 Å². The van der Waals surface area contributed by atoms with Gasteiger partial charge >= 0.3 is 12.3 Å². The Balaban J connectivity index is 3.04. The molecule has 1 rings (SSSR count). The summed E-state index contributed by atoms with van der Waals surface area (Å²) < 4.78 is 44.2. The molecule has 0 atom stereocenters. The van der Waals surface area contributed by atoms with E-state index >= 15 is 0 Å². The molecule has 0 spiro atoms. The Bertz CT molecular complexity index is 415. The highest BCUT2D eigenvalue weighted by Gasteiger charge is 2.33. The van der Waals surface area contributed by atoms with Gasteiger partial charge in [-0.1, -0.05) is 12.1 Å². The zero-order chi connectivity index (χ0) is 13.1. The van der Waals surface area contributed by atoms with Crippen LogP contribution < -0.4 is 4.74 Å². The molecule has 1 aromatic rings. The molecule has 0 aromatic heterocycles. The number of hydrogen-bond acceptors (Lipinski definition) is 4. The van der Waals surface area contributed by atoms with E-state index in [2.05, 4.69) is 9.47 Å². The average molecular weight is 250 g/mol. The number of phenols is 1. The van der Waals surface area contributed by atoms with Crippen LogP contribution >= 0.6 is 0 Å². The molecule has 0 unspecified atom stereocenters. The monoisotopic (exact) mass is 250 g/mol. The van der Waals surface area contributed by atoms with Crippen molar-refractivity contribution < 1.29 is 32.5 Å². The Morgan fingerprint density at radius 1 is 1.41 bits per heavy atom. The van der Waals surface area contributed by atoms with Crippen molar-refractivity contribution in [1.29, 1.82) is 0 Å². The minimum Gasteiger partial charge on any atom is -0.504 e. The third-order valence-corrected chi connectivity index (χ3v) is 1.86. The average Bonchev–Trinajstić information content (AvgIpc) is 2.21. The lowest BCUT2D eigenvalue weighted by Gasteiger charge is -2.13. The minimum atomic E-state index is -4.94. The number of rotatable bonds is 3. The summed E-state index contributed by atoms with van der Waals surface area (Å²) in [7, 11) is 1.11. The van der Waals surface area contributed by atoms with Crippen molar-refractivity contribution in [2.45, 2.75) is 12.8 Å². The first-order valence-corrected chi connectivity index (χ1v) is 4.47. The molecule has 0 saturated heterocycles. The first-order chi connectivity index (χ1) is 7.83. The number of carbonyl (C=O) groups is 1. The van der Waals surface area contributed by atoms with Gasteiger partial charge in [0.1, 0.15) is 0 Å². The summed E-state index contributed by atoms with van der Waals surface area (Å²) in [5.41, 5.74) is -0.103. The lowest BCUT2D eigenvalue weighted by Crippen LogP contribution is -2.19. The van der Waals surface area contributed by atoms with Crippen LogP contribution in [0.1, 0.15) is 5.56 Å². The quantitative estimate of drug-likeness (QED) is 0.833. The summed E-state index contributed by atoms with van der Waals surface area (Å²) in [6.07, 6.45) is -5.36. The molecule has 1 aromatic carbocycles. The third kappa shape index (κ3) is 3.86. The van der Waals surface area contributed by atoms with Gasteiger partial charge in [0.2, 0.25) is 0 Å². The van der Waals surface area contributed by atoms with Gasteiger partial charge in [0, 0.05) is 5.56 Å². The molecule has 0 amide bonds. The third-order valence-electron chi connectivity index (χ3n) is 1.86. The van der Waals surface area contributed by atoms with E-state index in [0.29, 0.717) is 0 Å². The fourth-order valence-corrected chi connectivity index (χ4v) is 1.17. The fourth-order valence-electron chi connectivity index (χ4n) is 1.17. The Labute approximate surface area is 94.6 Å². The SMILES string of the molecule is COC(=O)Cc1cccc(O)c1OC(F)(F)F. The molecule has 0 radical (unpaired) electrons. The van der Waals surface area contributed by atoms with Crippen molar-refractivity contribution in [3.63, 3.8) is 0 Å². The van der Waals surface area contributed by atoms with Gasteiger partial charge in [-0.2, -0.15) is 0 Å². The highest BCUT2D eigenvalue weighted by Crippen LogP contribution is 2.34. The molecule has 1 N–H and O–H groups in total. The number of halogens is 3. The van der Waals surface area contributed by atoms with E-state index in [4.69, 9.17) is 0 Å². The van der Waals surface area contributed by atoms with Gasteiger partial charge < -0.3 is 14.6 Å². The molecular formula is C10H9F3O4. The molecular weight excluding hydrogens is 241 g/mol. The maximum absolute atomic E-state index is 12.1. The Kier molecular flexibility index (Phi) is 3.82. The van der Waals surface area contributed by atoms with Crippen LogP contribution in [0.3, 0.4) is 0 Å². The van der Waals surface area contributed by atoms with Crippen molar-refractivity contribution in [3.05, 3.63) is 23.8 Å². The summed E-state index contributed by atoms with van der Waals surface area (Å²) in [6.45, 7) is 0. The summed E-state index contributed by atoms with van der Waals surface area (Å²) in [5, 5.41) is 9.26. The van der Waals surface area contributed by atoms with Crippen LogP contribution in [0.25, 0.3) is 0 Å². The van der Waals surface area contributed by atoms with E-state index < -0.39 is 30.3 Å². The minimum absolute atomic E-state index is 0.103. The van der Waals surface area contributed by atoms with E-state index in [9.17, 15) is 23.1 Å². The Hall–Kier alpha value is -1.92. The van der Waals surface area contributed by atoms with Gasteiger partial charge in [0.05, 0.1) is 13.5 Å². The van der Waals surface area contributed by atoms with E-state index in [-0.39, 0.29) is 5.56 Å². The molecule has 7 heteroatoms. The fraction of sp³-hybridized carbons (Fsp3) is 0.300. The number of hydrogen-bond donors (Lipinski definition) is 1. The van der Waals surface area contributed by atoms with E-state index in [1.807, 2.05) is 0 Å². The van der Waals surface area contributed by atoms with Crippen molar-refractivity contribution in [1.82, 2.24) is 0 Å². The largest absolute Gasteiger partial charge is 0.573 e. The second-order valence-electron chi connectivity index (χ2n) is 3.07. The predicted molar refractivity (Wildman–Crippen MR) is 50.5 cm³/mol. The molecule has 0 fully saturated rings. The number of para-hydroxylation sites is 1. The lowest BCUT2D eigenvalue weighted by atomic mass is 10.1. The molecule has 0 aliphatic heterocycles. The maximum atomic E-state index is 12.1. The van der Waals surface area contributed by atoms with Gasteiger partial charge in [-0.25, -0.2) is 0 Å². The number of aromatic hydroxyl groups is 1. The van der Waals surface area contributed by atoms with Gasteiger partial charge in [-0.15, -0.1) is 13.2 Å². The van der Waals surface area contributed by atoms with Crippen LogP contribution in [-0.4, -0.2) is 24.5 Å². The zero-order valence-electron chi connectivity index (χ0n) is 8.75. The standard InChI is InChI=1S/C10H9F3O4/c1-16-8(15)5-6-3-2-4-7(14)9(6)17-10(11,12)13/h2-4,14H,5H2,1H3. The molecule has 94 valence electrons. The van der Waals surface area contributed by atoms with Crippen LogP contribution in [0.2, 0.25) is 0 Å². The second-order valence-corrected chi connectivity index (χ2v) is 3.07. The number of esters is 1. The molecule has 0 heterocycles. The maximum Gasteiger partial charge on any atom is 0.573 e. The summed E-state index contributed by atoms with van der Waals surface area (Å²) in [4.78, 5) is 11.0. The second kappa shape index (κ2) is 4.94. The topological polar surface area (TPSA) is 55.8 Å². The highest BCUT2D eigenvalue weighted by atomic mass is 19.4. The number of carbonyl (C=O) groups excluding carboxylic acids is 1. The van der Waals surface area contributed by atoms with Crippen LogP contribution in [0.15, 0.2) is 18.2 Å². The smallest absolute Gasteiger partial charge is 0.504 e. The summed E-state index contributed by atoms with van der Waals surface area (Å²) in [5.74, 6) is -2.21. The van der Waals surface area contributed by atoms with Gasteiger partial charge in [0.25, 0.3) is 0 Å². The van der Waals surface area contributed by atoms with Gasteiger partial charge in [-0.3, -0.25) is 4.79 Å². The Morgan fingerprint density at radius 2 is 2.06 bits per heavy atom. The number of alkyl halides is 3. The molecule has 0 saturated carbocycles. The highest BCUT2D eigenvalue weighted by molar-refractivity contribution is 5.74. The van der Waals surface area contributed by atoms with Crippen LogP contribution in [-0.2, 0) is 16.0 Å².